The van der Waals surface area contributed by atoms with Crippen LogP contribution in [0.3, 0.4) is 0 Å². The summed E-state index contributed by atoms with van der Waals surface area (Å²) in [6.45, 7) is 5.94. The summed E-state index contributed by atoms with van der Waals surface area (Å²) in [4.78, 5) is 19.1. The number of hydrogen-bond acceptors (Lipinski definition) is 2. The number of likely N-dealkylation sites (tertiary alicyclic amines) is 1. The molecule has 1 amide bonds. The number of hydrogen-bond donors (Lipinski definition) is 0. The Balaban J connectivity index is 1.70. The van der Waals surface area contributed by atoms with Crippen LogP contribution in [0.1, 0.15) is 34.6 Å². The van der Waals surface area contributed by atoms with Gasteiger partial charge in [-0.25, -0.2) is 0 Å². The van der Waals surface area contributed by atoms with Crippen molar-refractivity contribution >= 4 is 5.91 Å². The van der Waals surface area contributed by atoms with Gasteiger partial charge in [-0.2, -0.15) is 0 Å². The van der Waals surface area contributed by atoms with E-state index in [1.54, 1.807) is 0 Å². The summed E-state index contributed by atoms with van der Waals surface area (Å²) >= 11 is 0. The van der Waals surface area contributed by atoms with E-state index >= 15 is 0 Å². The maximum Gasteiger partial charge on any atom is 0.253 e. The average molecular weight is 345 g/mol. The molecule has 0 atom stereocenters. The fraction of sp³-hybridized carbons (Fsp3) is 0.273. The quantitative estimate of drug-likeness (QED) is 0.706. The second-order valence-corrected chi connectivity index (χ2v) is 6.90. The zero-order valence-corrected chi connectivity index (χ0v) is 15.3. The average Bonchev–Trinajstić information content (AvgIpc) is 3.32. The van der Waals surface area contributed by atoms with Crippen molar-refractivity contribution in [3.05, 3.63) is 71.7 Å². The highest BCUT2D eigenvalue weighted by Crippen LogP contribution is 2.27. The number of nitrogens with zero attached hydrogens (tertiary/aromatic N) is 3. The lowest BCUT2D eigenvalue weighted by atomic mass is 10.1. The molecule has 0 unspecified atom stereocenters. The zero-order chi connectivity index (χ0) is 18.1. The van der Waals surface area contributed by atoms with Gasteiger partial charge in [0.2, 0.25) is 0 Å². The molecular weight excluding hydrogens is 322 g/mol. The number of rotatable bonds is 3. The molecule has 0 radical (unpaired) electrons. The highest BCUT2D eigenvalue weighted by molar-refractivity contribution is 5.95. The summed E-state index contributed by atoms with van der Waals surface area (Å²) in [5.74, 6) is 0.132. The molecule has 4 heteroatoms. The molecule has 3 aromatic rings. The van der Waals surface area contributed by atoms with Crippen LogP contribution in [-0.4, -0.2) is 33.4 Å². The fourth-order valence-corrected chi connectivity index (χ4v) is 3.72. The maximum atomic E-state index is 12.5. The van der Waals surface area contributed by atoms with E-state index < -0.39 is 0 Å². The molecule has 1 aromatic carbocycles. The van der Waals surface area contributed by atoms with Gasteiger partial charge in [-0.1, -0.05) is 12.1 Å². The van der Waals surface area contributed by atoms with Gasteiger partial charge in [0.25, 0.3) is 5.91 Å². The van der Waals surface area contributed by atoms with Crippen molar-refractivity contribution in [3.8, 4) is 16.9 Å². The molecule has 1 aliphatic heterocycles. The Morgan fingerprint density at radius 1 is 0.923 bits per heavy atom. The van der Waals surface area contributed by atoms with Crippen LogP contribution in [-0.2, 0) is 0 Å². The van der Waals surface area contributed by atoms with E-state index in [0.29, 0.717) is 0 Å². The molecule has 4 rings (SSSR count). The molecule has 26 heavy (non-hydrogen) atoms. The predicted molar refractivity (Wildman–Crippen MR) is 104 cm³/mol. The van der Waals surface area contributed by atoms with Gasteiger partial charge < -0.3 is 9.47 Å². The van der Waals surface area contributed by atoms with Gasteiger partial charge in [0.1, 0.15) is 0 Å². The van der Waals surface area contributed by atoms with Crippen LogP contribution < -0.4 is 0 Å². The molecule has 3 heterocycles. The van der Waals surface area contributed by atoms with E-state index in [-0.39, 0.29) is 5.91 Å². The van der Waals surface area contributed by atoms with E-state index in [1.165, 1.54) is 11.4 Å². The van der Waals surface area contributed by atoms with Crippen LogP contribution in [0.5, 0.6) is 0 Å². The number of aromatic nitrogens is 2. The van der Waals surface area contributed by atoms with Crippen molar-refractivity contribution in [3.63, 3.8) is 0 Å². The highest BCUT2D eigenvalue weighted by Gasteiger charge is 2.19. The van der Waals surface area contributed by atoms with Gasteiger partial charge in [-0.15, -0.1) is 0 Å². The molecule has 1 aliphatic rings. The second-order valence-electron chi connectivity index (χ2n) is 6.90. The summed E-state index contributed by atoms with van der Waals surface area (Å²) in [6, 6.07) is 16.1. The van der Waals surface area contributed by atoms with E-state index in [0.717, 1.165) is 48.4 Å². The van der Waals surface area contributed by atoms with Gasteiger partial charge in [-0.3, -0.25) is 9.78 Å². The van der Waals surface area contributed by atoms with Crippen molar-refractivity contribution in [1.29, 1.82) is 0 Å². The maximum absolute atomic E-state index is 12.5. The Morgan fingerprint density at radius 2 is 1.58 bits per heavy atom. The standard InChI is InChI=1S/C22H23N3O/c1-16-7-8-17(2)25(16)20-6-5-13-23-21(20)18-9-11-19(12-10-18)22(26)24-14-3-4-15-24/h5-13H,3-4,14-15H2,1-2H3. The third-order valence-corrected chi connectivity index (χ3v) is 5.10. The van der Waals surface area contributed by atoms with Gasteiger partial charge in [0, 0.05) is 41.8 Å². The minimum Gasteiger partial charge on any atom is -0.339 e. The molecule has 0 saturated carbocycles. The predicted octanol–water partition coefficient (Wildman–Crippen LogP) is 4.39. The first-order valence-corrected chi connectivity index (χ1v) is 9.15. The third kappa shape index (κ3) is 2.92. The fourth-order valence-electron chi connectivity index (χ4n) is 3.72. The number of benzene rings is 1. The van der Waals surface area contributed by atoms with Crippen molar-refractivity contribution in [1.82, 2.24) is 14.5 Å². The van der Waals surface area contributed by atoms with Crippen LogP contribution in [0.15, 0.2) is 54.7 Å². The number of pyridine rings is 1. The number of amides is 1. The molecule has 2 aromatic heterocycles. The van der Waals surface area contributed by atoms with E-state index in [1.807, 2.05) is 41.4 Å². The number of aryl methyl sites for hydroxylation is 2. The second kappa shape index (κ2) is 6.79. The normalized spacial score (nSPS) is 14.0. The lowest BCUT2D eigenvalue weighted by Crippen LogP contribution is -2.27. The largest absolute Gasteiger partial charge is 0.339 e. The van der Waals surface area contributed by atoms with Gasteiger partial charge in [-0.05, 0) is 63.1 Å². The van der Waals surface area contributed by atoms with Crippen molar-refractivity contribution in [2.45, 2.75) is 26.7 Å². The lowest BCUT2D eigenvalue weighted by molar-refractivity contribution is 0.0793. The Labute approximate surface area is 154 Å². The molecule has 0 aliphatic carbocycles. The Kier molecular flexibility index (Phi) is 4.33. The monoisotopic (exact) mass is 345 g/mol. The Morgan fingerprint density at radius 3 is 2.23 bits per heavy atom. The van der Waals surface area contributed by atoms with Crippen LogP contribution in [0.2, 0.25) is 0 Å². The minimum atomic E-state index is 0.132. The summed E-state index contributed by atoms with van der Waals surface area (Å²) in [6.07, 6.45) is 4.03. The molecule has 0 N–H and O–H groups in total. The zero-order valence-electron chi connectivity index (χ0n) is 15.3. The lowest BCUT2D eigenvalue weighted by Gasteiger charge is -2.16. The first-order valence-electron chi connectivity index (χ1n) is 9.15. The van der Waals surface area contributed by atoms with Gasteiger partial charge in [0.15, 0.2) is 0 Å². The molecule has 1 saturated heterocycles. The molecule has 0 spiro atoms. The van der Waals surface area contributed by atoms with Crippen LogP contribution in [0.25, 0.3) is 16.9 Å². The molecule has 4 nitrogen and oxygen atoms in total. The number of carbonyl (C=O) groups excluding carboxylic acids is 1. The Bertz CT molecular complexity index is 915. The smallest absolute Gasteiger partial charge is 0.253 e. The van der Waals surface area contributed by atoms with E-state index in [2.05, 4.69) is 41.6 Å². The molecule has 0 bridgehead atoms. The topological polar surface area (TPSA) is 38.1 Å². The third-order valence-electron chi connectivity index (χ3n) is 5.10. The minimum absolute atomic E-state index is 0.132. The molecular formula is C22H23N3O. The van der Waals surface area contributed by atoms with Crippen molar-refractivity contribution in [2.24, 2.45) is 0 Å². The van der Waals surface area contributed by atoms with Crippen molar-refractivity contribution in [2.75, 3.05) is 13.1 Å². The summed E-state index contributed by atoms with van der Waals surface area (Å²) in [5.41, 5.74) is 6.11. The first kappa shape index (κ1) is 16.6. The van der Waals surface area contributed by atoms with Gasteiger partial charge >= 0.3 is 0 Å². The molecule has 132 valence electrons. The Hall–Kier alpha value is -2.88. The van der Waals surface area contributed by atoms with Crippen LogP contribution in [0.4, 0.5) is 0 Å². The summed E-state index contributed by atoms with van der Waals surface area (Å²) < 4.78 is 2.21. The first-order chi connectivity index (χ1) is 12.6. The summed E-state index contributed by atoms with van der Waals surface area (Å²) in [5, 5.41) is 0. The highest BCUT2D eigenvalue weighted by atomic mass is 16.2. The van der Waals surface area contributed by atoms with E-state index in [4.69, 9.17) is 0 Å². The van der Waals surface area contributed by atoms with Crippen LogP contribution in [0, 0.1) is 13.8 Å². The number of carbonyl (C=O) groups is 1. The van der Waals surface area contributed by atoms with Crippen LogP contribution >= 0.6 is 0 Å². The van der Waals surface area contributed by atoms with Crippen molar-refractivity contribution < 1.29 is 4.79 Å². The molecule has 1 fully saturated rings. The summed E-state index contributed by atoms with van der Waals surface area (Å²) in [7, 11) is 0. The SMILES string of the molecule is Cc1ccc(C)n1-c1cccnc1-c1ccc(C(=O)N2CCCC2)cc1. The van der Waals surface area contributed by atoms with Gasteiger partial charge in [0.05, 0.1) is 11.4 Å². The van der Waals surface area contributed by atoms with E-state index in [9.17, 15) is 4.79 Å².